The summed E-state index contributed by atoms with van der Waals surface area (Å²) in [6, 6.07) is 7.99. The summed E-state index contributed by atoms with van der Waals surface area (Å²) in [5.41, 5.74) is 0.920. The van der Waals surface area contributed by atoms with Gasteiger partial charge in [0.15, 0.2) is 0 Å². The van der Waals surface area contributed by atoms with Crippen molar-refractivity contribution in [2.24, 2.45) is 5.92 Å². The maximum absolute atomic E-state index is 12.1. The van der Waals surface area contributed by atoms with E-state index in [-0.39, 0.29) is 17.9 Å². The molecule has 1 aliphatic rings. The summed E-state index contributed by atoms with van der Waals surface area (Å²) < 4.78 is 0. The van der Waals surface area contributed by atoms with Crippen LogP contribution in [0, 0.1) is 5.92 Å². The monoisotopic (exact) mass is 306 g/mol. The smallest absolute Gasteiger partial charge is 0.237 e. The van der Waals surface area contributed by atoms with Crippen LogP contribution in [0.25, 0.3) is 0 Å². The number of amides is 2. The quantitative estimate of drug-likeness (QED) is 0.910. The van der Waals surface area contributed by atoms with Gasteiger partial charge in [-0.1, -0.05) is 26.0 Å². The van der Waals surface area contributed by atoms with Gasteiger partial charge < -0.3 is 10.2 Å². The number of rotatable bonds is 5. The van der Waals surface area contributed by atoms with Crippen LogP contribution in [0.4, 0.5) is 5.69 Å². The van der Waals surface area contributed by atoms with Gasteiger partial charge in [-0.3, -0.25) is 9.59 Å². The van der Waals surface area contributed by atoms with Crippen molar-refractivity contribution in [2.75, 3.05) is 17.2 Å². The lowest BCUT2D eigenvalue weighted by Gasteiger charge is -2.29. The van der Waals surface area contributed by atoms with E-state index in [0.717, 1.165) is 10.6 Å². The molecule has 5 heteroatoms. The zero-order valence-corrected chi connectivity index (χ0v) is 13.6. The summed E-state index contributed by atoms with van der Waals surface area (Å²) in [6.07, 6.45) is 0.335. The Hall–Kier alpha value is -1.49. The van der Waals surface area contributed by atoms with Crippen molar-refractivity contribution in [2.45, 2.75) is 38.1 Å². The highest BCUT2D eigenvalue weighted by molar-refractivity contribution is 8.00. The molecule has 2 amide bonds. The molecule has 114 valence electrons. The minimum absolute atomic E-state index is 0.000271. The van der Waals surface area contributed by atoms with Crippen molar-refractivity contribution in [3.63, 3.8) is 0 Å². The van der Waals surface area contributed by atoms with Crippen LogP contribution < -0.4 is 10.2 Å². The number of nitrogens with one attached hydrogen (secondary N) is 1. The first-order valence-electron chi connectivity index (χ1n) is 7.30. The number of fused-ring (bicyclic) bond motifs is 1. The first-order chi connectivity index (χ1) is 9.99. The Balaban J connectivity index is 1.97. The molecule has 0 saturated carbocycles. The van der Waals surface area contributed by atoms with Crippen LogP contribution in [0.2, 0.25) is 0 Å². The van der Waals surface area contributed by atoms with Gasteiger partial charge in [-0.15, -0.1) is 11.8 Å². The van der Waals surface area contributed by atoms with E-state index >= 15 is 0 Å². The molecule has 1 heterocycles. The Morgan fingerprint density at radius 3 is 2.76 bits per heavy atom. The standard InChI is InChI=1S/C16H22N2O2S/c1-11(2)12(3)17-15(19)8-9-18-13-6-4-5-7-14(13)21-10-16(18)20/h4-7,11-12H,8-10H2,1-3H3,(H,17,19)/t12-/m0/s1. The van der Waals surface area contributed by atoms with Crippen LogP contribution in [-0.4, -0.2) is 30.2 Å². The number of carbonyl (C=O) groups excluding carboxylic acids is 2. The molecule has 0 saturated heterocycles. The largest absolute Gasteiger partial charge is 0.353 e. The first kappa shape index (κ1) is 15.9. The van der Waals surface area contributed by atoms with E-state index in [1.54, 1.807) is 16.7 Å². The predicted octanol–water partition coefficient (Wildman–Crippen LogP) is 2.68. The molecule has 0 spiro atoms. The molecule has 1 aromatic rings. The lowest BCUT2D eigenvalue weighted by molar-refractivity contribution is -0.121. The third-order valence-corrected chi connectivity index (χ3v) is 4.81. The second-order valence-corrected chi connectivity index (χ2v) is 6.67. The highest BCUT2D eigenvalue weighted by atomic mass is 32.2. The van der Waals surface area contributed by atoms with Gasteiger partial charge in [0, 0.05) is 23.9 Å². The first-order valence-corrected chi connectivity index (χ1v) is 8.29. The number of nitrogens with zero attached hydrogens (tertiary/aromatic N) is 1. The highest BCUT2D eigenvalue weighted by Crippen LogP contribution is 2.34. The number of benzene rings is 1. The molecule has 0 aliphatic carbocycles. The van der Waals surface area contributed by atoms with Crippen LogP contribution >= 0.6 is 11.8 Å². The molecule has 1 aromatic carbocycles. The van der Waals surface area contributed by atoms with E-state index < -0.39 is 0 Å². The van der Waals surface area contributed by atoms with Crippen molar-refractivity contribution in [1.82, 2.24) is 5.32 Å². The Kier molecular flexibility index (Phi) is 5.28. The average Bonchev–Trinajstić information content (AvgIpc) is 2.46. The number of anilines is 1. The average molecular weight is 306 g/mol. The molecule has 0 radical (unpaired) electrons. The summed E-state index contributed by atoms with van der Waals surface area (Å²) in [5, 5.41) is 2.98. The third-order valence-electron chi connectivity index (χ3n) is 3.76. The fourth-order valence-corrected chi connectivity index (χ4v) is 3.04. The van der Waals surface area contributed by atoms with Gasteiger partial charge in [0.25, 0.3) is 0 Å². The molecule has 0 fully saturated rings. The van der Waals surface area contributed by atoms with Gasteiger partial charge in [-0.05, 0) is 25.0 Å². The number of carbonyl (C=O) groups is 2. The molecular formula is C16H22N2O2S. The summed E-state index contributed by atoms with van der Waals surface area (Å²) in [4.78, 5) is 26.9. The lowest BCUT2D eigenvalue weighted by Crippen LogP contribution is -2.41. The van der Waals surface area contributed by atoms with Crippen LogP contribution in [0.3, 0.4) is 0 Å². The van der Waals surface area contributed by atoms with Gasteiger partial charge in [0.1, 0.15) is 0 Å². The normalized spacial score (nSPS) is 15.8. The van der Waals surface area contributed by atoms with E-state index in [9.17, 15) is 9.59 Å². The highest BCUT2D eigenvalue weighted by Gasteiger charge is 2.24. The zero-order valence-electron chi connectivity index (χ0n) is 12.8. The number of para-hydroxylation sites is 1. The summed E-state index contributed by atoms with van der Waals surface area (Å²) in [7, 11) is 0. The van der Waals surface area contributed by atoms with Crippen molar-refractivity contribution in [1.29, 1.82) is 0 Å². The topological polar surface area (TPSA) is 49.4 Å². The second kappa shape index (κ2) is 6.98. The fraction of sp³-hybridized carbons (Fsp3) is 0.500. The van der Waals surface area contributed by atoms with Crippen LogP contribution in [0.15, 0.2) is 29.2 Å². The van der Waals surface area contributed by atoms with Crippen molar-refractivity contribution in [3.05, 3.63) is 24.3 Å². The molecule has 0 bridgehead atoms. The third kappa shape index (κ3) is 4.00. The summed E-state index contributed by atoms with van der Waals surface area (Å²) in [5.74, 6) is 0.923. The molecule has 0 aromatic heterocycles. The molecule has 4 nitrogen and oxygen atoms in total. The number of thioether (sulfide) groups is 1. The van der Waals surface area contributed by atoms with Gasteiger partial charge in [-0.25, -0.2) is 0 Å². The maximum atomic E-state index is 12.1. The van der Waals surface area contributed by atoms with E-state index in [2.05, 4.69) is 19.2 Å². The Morgan fingerprint density at radius 2 is 2.05 bits per heavy atom. The minimum Gasteiger partial charge on any atom is -0.353 e. The van der Waals surface area contributed by atoms with Crippen molar-refractivity contribution < 1.29 is 9.59 Å². The van der Waals surface area contributed by atoms with Crippen LogP contribution in [-0.2, 0) is 9.59 Å². The summed E-state index contributed by atoms with van der Waals surface area (Å²) in [6.45, 7) is 6.59. The van der Waals surface area contributed by atoms with Crippen molar-refractivity contribution >= 4 is 29.3 Å². The van der Waals surface area contributed by atoms with E-state index in [4.69, 9.17) is 0 Å². The fourth-order valence-electron chi connectivity index (χ4n) is 2.11. The minimum atomic E-state index is -0.000271. The Morgan fingerprint density at radius 1 is 1.33 bits per heavy atom. The molecule has 1 atom stereocenters. The number of hydrogen-bond donors (Lipinski definition) is 1. The zero-order chi connectivity index (χ0) is 15.4. The predicted molar refractivity (Wildman–Crippen MR) is 86.6 cm³/mol. The van der Waals surface area contributed by atoms with E-state index in [1.165, 1.54) is 0 Å². The summed E-state index contributed by atoms with van der Waals surface area (Å²) >= 11 is 1.56. The SMILES string of the molecule is CC(C)[C@H](C)NC(=O)CCN1C(=O)CSc2ccccc21. The molecule has 2 rings (SSSR count). The second-order valence-electron chi connectivity index (χ2n) is 5.65. The van der Waals surface area contributed by atoms with Crippen molar-refractivity contribution in [3.8, 4) is 0 Å². The van der Waals surface area contributed by atoms with Gasteiger partial charge >= 0.3 is 0 Å². The van der Waals surface area contributed by atoms with Crippen LogP contribution in [0.1, 0.15) is 27.2 Å². The van der Waals surface area contributed by atoms with Gasteiger partial charge in [0.05, 0.1) is 11.4 Å². The molecule has 1 N–H and O–H groups in total. The van der Waals surface area contributed by atoms with E-state index in [1.807, 2.05) is 31.2 Å². The Labute approximate surface area is 130 Å². The number of hydrogen-bond acceptors (Lipinski definition) is 3. The van der Waals surface area contributed by atoms with Crippen LogP contribution in [0.5, 0.6) is 0 Å². The molecule has 1 aliphatic heterocycles. The molecular weight excluding hydrogens is 284 g/mol. The van der Waals surface area contributed by atoms with E-state index in [0.29, 0.717) is 24.6 Å². The molecule has 0 unspecified atom stereocenters. The Bertz CT molecular complexity index is 531. The van der Waals surface area contributed by atoms with Gasteiger partial charge in [-0.2, -0.15) is 0 Å². The lowest BCUT2D eigenvalue weighted by atomic mass is 10.1. The maximum Gasteiger partial charge on any atom is 0.237 e. The molecule has 21 heavy (non-hydrogen) atoms. The van der Waals surface area contributed by atoms with Gasteiger partial charge in [0.2, 0.25) is 11.8 Å².